The molecule has 1 heterocycles. The van der Waals surface area contributed by atoms with E-state index in [4.69, 9.17) is 11.1 Å². The van der Waals surface area contributed by atoms with Crippen molar-refractivity contribution >= 4 is 40.7 Å². The summed E-state index contributed by atoms with van der Waals surface area (Å²) in [6, 6.07) is 4.89. The second kappa shape index (κ2) is 6.36. The topological polar surface area (TPSA) is 75.7 Å². The predicted octanol–water partition coefficient (Wildman–Crippen LogP) is 2.98. The number of aromatic nitrogens is 2. The molecule has 0 radical (unpaired) electrons. The molecule has 2 aromatic rings. The maximum Gasteiger partial charge on any atom is 0.175 e. The molecule has 0 saturated heterocycles. The molecule has 4 nitrogen and oxygen atoms in total. The van der Waals surface area contributed by atoms with E-state index in [0.717, 1.165) is 8.68 Å². The molecule has 3 N–H and O–H groups in total. The molecule has 0 amide bonds. The minimum atomic E-state index is -0.433. The normalized spacial score (nSPS) is 10.6. The van der Waals surface area contributed by atoms with Crippen LogP contribution in [0.25, 0.3) is 0 Å². The number of nitrogen functional groups attached to an aromatic ring is 1. The third-order valence-electron chi connectivity index (χ3n) is 2.28. The van der Waals surface area contributed by atoms with Gasteiger partial charge in [-0.2, -0.15) is 0 Å². The summed E-state index contributed by atoms with van der Waals surface area (Å²) in [6.45, 7) is 0. The smallest absolute Gasteiger partial charge is 0.175 e. The van der Waals surface area contributed by atoms with Gasteiger partial charge >= 0.3 is 0 Å². The lowest BCUT2D eigenvalue weighted by atomic mass is 10.1. The first-order valence-electron chi connectivity index (χ1n) is 5.24. The van der Waals surface area contributed by atoms with Crippen molar-refractivity contribution in [3.63, 3.8) is 0 Å². The minimum Gasteiger partial charge on any atom is -0.384 e. The maximum absolute atomic E-state index is 14.0. The van der Waals surface area contributed by atoms with Crippen molar-refractivity contribution in [2.24, 2.45) is 5.73 Å². The molecule has 0 aliphatic carbocycles. The monoisotopic (exact) mass is 314 g/mol. The highest BCUT2D eigenvalue weighted by Gasteiger charge is 2.11. The molecule has 2 rings (SSSR count). The Morgan fingerprint density at radius 1 is 1.42 bits per heavy atom. The number of nitrogens with zero attached hydrogens (tertiary/aromatic N) is 2. The molecule has 0 aliphatic heterocycles. The molecule has 0 bridgehead atoms. The number of hydrogen-bond acceptors (Lipinski definition) is 6. The Morgan fingerprint density at radius 2 is 2.16 bits per heavy atom. The van der Waals surface area contributed by atoms with Gasteiger partial charge in [0.25, 0.3) is 0 Å². The van der Waals surface area contributed by atoms with Crippen molar-refractivity contribution in [2.75, 3.05) is 6.26 Å². The fourth-order valence-corrected chi connectivity index (χ4v) is 3.79. The van der Waals surface area contributed by atoms with Crippen molar-refractivity contribution in [1.82, 2.24) is 10.2 Å². The summed E-state index contributed by atoms with van der Waals surface area (Å²) in [5, 5.41) is 15.3. The molecule has 0 saturated carbocycles. The summed E-state index contributed by atoms with van der Waals surface area (Å²) in [4.78, 5) is 0. The van der Waals surface area contributed by atoms with E-state index in [1.54, 1.807) is 12.1 Å². The molecule has 8 heteroatoms. The third-order valence-corrected chi connectivity index (χ3v) is 5.36. The van der Waals surface area contributed by atoms with Crippen LogP contribution in [0, 0.1) is 11.2 Å². The van der Waals surface area contributed by atoms with Crippen molar-refractivity contribution in [3.05, 3.63) is 35.1 Å². The minimum absolute atomic E-state index is 0.139. The summed E-state index contributed by atoms with van der Waals surface area (Å²) in [5.41, 5.74) is 5.98. The summed E-state index contributed by atoms with van der Waals surface area (Å²) in [5.74, 6) is -0.252. The van der Waals surface area contributed by atoms with E-state index in [1.165, 1.54) is 40.9 Å². The van der Waals surface area contributed by atoms with Crippen LogP contribution in [0.1, 0.15) is 11.1 Å². The second-order valence-corrected chi connectivity index (χ2v) is 6.77. The molecular weight excluding hydrogens is 303 g/mol. The number of benzene rings is 1. The number of rotatable bonds is 5. The van der Waals surface area contributed by atoms with Gasteiger partial charge in [0.15, 0.2) is 8.68 Å². The van der Waals surface area contributed by atoms with Crippen LogP contribution in [-0.2, 0) is 5.75 Å². The SMILES string of the molecule is CSc1nnc(SCc2cccc(C(=N)N)c2F)s1. The van der Waals surface area contributed by atoms with Gasteiger partial charge in [-0.25, -0.2) is 4.39 Å². The lowest BCUT2D eigenvalue weighted by Crippen LogP contribution is -2.14. The van der Waals surface area contributed by atoms with Crippen LogP contribution in [0.2, 0.25) is 0 Å². The first-order chi connectivity index (χ1) is 9.11. The van der Waals surface area contributed by atoms with Crippen LogP contribution in [-0.4, -0.2) is 22.3 Å². The lowest BCUT2D eigenvalue weighted by molar-refractivity contribution is 0.614. The second-order valence-electron chi connectivity index (χ2n) is 3.52. The van der Waals surface area contributed by atoms with Crippen molar-refractivity contribution in [1.29, 1.82) is 5.41 Å². The van der Waals surface area contributed by atoms with E-state index in [1.807, 2.05) is 6.26 Å². The van der Waals surface area contributed by atoms with Gasteiger partial charge in [0.1, 0.15) is 11.7 Å². The van der Waals surface area contributed by atoms with Crippen molar-refractivity contribution in [3.8, 4) is 0 Å². The van der Waals surface area contributed by atoms with E-state index >= 15 is 0 Å². The zero-order chi connectivity index (χ0) is 13.8. The Morgan fingerprint density at radius 3 is 2.79 bits per heavy atom. The van der Waals surface area contributed by atoms with E-state index in [-0.39, 0.29) is 11.4 Å². The van der Waals surface area contributed by atoms with Gasteiger partial charge in [-0.3, -0.25) is 5.41 Å². The number of thioether (sulfide) groups is 2. The molecule has 0 unspecified atom stereocenters. The Balaban J connectivity index is 2.11. The van der Waals surface area contributed by atoms with Gasteiger partial charge in [0.2, 0.25) is 0 Å². The number of nitrogens with one attached hydrogen (secondary N) is 1. The third kappa shape index (κ3) is 3.46. The van der Waals surface area contributed by atoms with Crippen molar-refractivity contribution in [2.45, 2.75) is 14.4 Å². The largest absolute Gasteiger partial charge is 0.384 e. The van der Waals surface area contributed by atoms with Crippen LogP contribution in [0.4, 0.5) is 4.39 Å². The van der Waals surface area contributed by atoms with Gasteiger partial charge in [-0.15, -0.1) is 10.2 Å². The average molecular weight is 314 g/mol. The molecule has 0 aliphatic rings. The molecule has 19 heavy (non-hydrogen) atoms. The van der Waals surface area contributed by atoms with Gasteiger partial charge in [0.05, 0.1) is 5.56 Å². The van der Waals surface area contributed by atoms with Crippen LogP contribution in [0.3, 0.4) is 0 Å². The van der Waals surface area contributed by atoms with Crippen LogP contribution in [0.5, 0.6) is 0 Å². The number of nitrogens with two attached hydrogens (primary N) is 1. The van der Waals surface area contributed by atoms with Gasteiger partial charge in [0, 0.05) is 5.75 Å². The highest BCUT2D eigenvalue weighted by molar-refractivity contribution is 8.02. The summed E-state index contributed by atoms with van der Waals surface area (Å²) >= 11 is 4.44. The standard InChI is InChI=1S/C11H11FN4S3/c1-17-10-15-16-11(19-10)18-5-6-3-2-4-7(8(6)12)9(13)14/h2-4H,5H2,1H3,(H3,13,14). The fraction of sp³-hybridized carbons (Fsp3) is 0.182. The van der Waals surface area contributed by atoms with E-state index in [2.05, 4.69) is 10.2 Å². The summed E-state index contributed by atoms with van der Waals surface area (Å²) in [7, 11) is 0. The quantitative estimate of drug-likeness (QED) is 0.504. The first kappa shape index (κ1) is 14.3. The average Bonchev–Trinajstić information content (AvgIpc) is 2.85. The van der Waals surface area contributed by atoms with Crippen LogP contribution >= 0.6 is 34.9 Å². The molecule has 1 aromatic heterocycles. The van der Waals surface area contributed by atoms with Crippen LogP contribution in [0.15, 0.2) is 26.9 Å². The Hall–Kier alpha value is -1.12. The highest BCUT2D eigenvalue weighted by atomic mass is 32.2. The van der Waals surface area contributed by atoms with Crippen molar-refractivity contribution < 1.29 is 4.39 Å². The number of halogens is 1. The molecule has 0 atom stereocenters. The van der Waals surface area contributed by atoms with E-state index in [9.17, 15) is 4.39 Å². The maximum atomic E-state index is 14.0. The Bertz CT molecular complexity index is 599. The van der Waals surface area contributed by atoms with E-state index in [0.29, 0.717) is 11.3 Å². The Labute approximate surface area is 122 Å². The molecule has 0 fully saturated rings. The highest BCUT2D eigenvalue weighted by Crippen LogP contribution is 2.30. The van der Waals surface area contributed by atoms with Crippen LogP contribution < -0.4 is 5.73 Å². The van der Waals surface area contributed by atoms with Gasteiger partial charge < -0.3 is 5.73 Å². The molecule has 100 valence electrons. The van der Waals surface area contributed by atoms with Gasteiger partial charge in [-0.05, 0) is 17.9 Å². The lowest BCUT2D eigenvalue weighted by Gasteiger charge is -2.05. The number of hydrogen-bond donors (Lipinski definition) is 2. The number of amidine groups is 1. The zero-order valence-corrected chi connectivity index (χ0v) is 12.5. The molecular formula is C11H11FN4S3. The Kier molecular flexibility index (Phi) is 4.78. The zero-order valence-electron chi connectivity index (χ0n) is 10.0. The predicted molar refractivity (Wildman–Crippen MR) is 78.7 cm³/mol. The summed E-state index contributed by atoms with van der Waals surface area (Å²) in [6.07, 6.45) is 1.94. The molecule has 1 aromatic carbocycles. The molecule has 0 spiro atoms. The fourth-order valence-electron chi connectivity index (χ4n) is 1.38. The first-order valence-corrected chi connectivity index (χ1v) is 8.26. The summed E-state index contributed by atoms with van der Waals surface area (Å²) < 4.78 is 15.7. The van der Waals surface area contributed by atoms with Gasteiger partial charge in [-0.1, -0.05) is 47.0 Å². The van der Waals surface area contributed by atoms with E-state index < -0.39 is 5.82 Å².